The minimum atomic E-state index is -0.475. The number of unbranched alkanes of at least 4 members (excludes halogenated alkanes) is 8. The van der Waals surface area contributed by atoms with Crippen LogP contribution in [0.2, 0.25) is 0 Å². The minimum absolute atomic E-state index is 0.0589. The van der Waals surface area contributed by atoms with Crippen LogP contribution in [0.3, 0.4) is 0 Å². The Kier molecular flexibility index (Phi) is 20.0. The Bertz CT molecular complexity index is 877. The molecule has 0 unspecified atom stereocenters. The van der Waals surface area contributed by atoms with E-state index >= 15 is 0 Å². The van der Waals surface area contributed by atoms with Crippen molar-refractivity contribution < 1.29 is 23.8 Å². The van der Waals surface area contributed by atoms with E-state index in [0.29, 0.717) is 12.0 Å². The highest BCUT2D eigenvalue weighted by Crippen LogP contribution is 2.13. The molecule has 0 fully saturated rings. The monoisotopic (exact) mass is 524 g/mol. The fourth-order valence-electron chi connectivity index (χ4n) is 3.69. The third-order valence-electron chi connectivity index (χ3n) is 6.07. The van der Waals surface area contributed by atoms with Gasteiger partial charge in [-0.25, -0.2) is 4.79 Å². The average molecular weight is 525 g/mol. The molecule has 0 N–H and O–H groups in total. The van der Waals surface area contributed by atoms with E-state index in [2.05, 4.69) is 31.2 Å². The second kappa shape index (κ2) is 23.1. The summed E-state index contributed by atoms with van der Waals surface area (Å²) in [5.74, 6) is 0.0373. The van der Waals surface area contributed by atoms with E-state index in [0.717, 1.165) is 43.4 Å². The van der Waals surface area contributed by atoms with Crippen molar-refractivity contribution in [2.75, 3.05) is 20.3 Å². The fourth-order valence-corrected chi connectivity index (χ4v) is 3.69. The van der Waals surface area contributed by atoms with Gasteiger partial charge >= 0.3 is 11.9 Å². The molecule has 1 aromatic carbocycles. The first kappa shape index (κ1) is 32.9. The summed E-state index contributed by atoms with van der Waals surface area (Å²) in [5.41, 5.74) is 1.33. The number of benzene rings is 1. The van der Waals surface area contributed by atoms with Crippen LogP contribution in [0.25, 0.3) is 6.08 Å². The maximum atomic E-state index is 12.2. The van der Waals surface area contributed by atoms with Crippen molar-refractivity contribution in [1.82, 2.24) is 0 Å². The van der Waals surface area contributed by atoms with Gasteiger partial charge in [0.25, 0.3) is 0 Å². The Morgan fingerprint density at radius 1 is 0.789 bits per heavy atom. The van der Waals surface area contributed by atoms with E-state index in [1.54, 1.807) is 26.2 Å². The Morgan fingerprint density at radius 2 is 1.45 bits per heavy atom. The van der Waals surface area contributed by atoms with Crippen LogP contribution in [0.1, 0.15) is 96.5 Å². The molecule has 0 saturated carbocycles. The lowest BCUT2D eigenvalue weighted by Gasteiger charge is -2.08. The van der Waals surface area contributed by atoms with Gasteiger partial charge in [-0.2, -0.15) is 0 Å². The van der Waals surface area contributed by atoms with Crippen molar-refractivity contribution in [3.8, 4) is 5.75 Å². The second-order valence-electron chi connectivity index (χ2n) is 9.23. The van der Waals surface area contributed by atoms with E-state index in [1.807, 2.05) is 30.3 Å². The molecule has 5 heteroatoms. The van der Waals surface area contributed by atoms with Crippen molar-refractivity contribution in [2.45, 2.75) is 90.9 Å². The van der Waals surface area contributed by atoms with E-state index in [4.69, 9.17) is 14.2 Å². The summed E-state index contributed by atoms with van der Waals surface area (Å²) in [6, 6.07) is 7.57. The first-order valence-electron chi connectivity index (χ1n) is 14.2. The Labute approximate surface area is 230 Å². The molecule has 5 nitrogen and oxygen atoms in total. The van der Waals surface area contributed by atoms with E-state index < -0.39 is 5.97 Å². The van der Waals surface area contributed by atoms with Gasteiger partial charge in [0.05, 0.1) is 12.7 Å². The van der Waals surface area contributed by atoms with Crippen LogP contribution in [-0.2, 0) is 19.1 Å². The lowest BCUT2D eigenvalue weighted by molar-refractivity contribution is -0.144. The van der Waals surface area contributed by atoms with Gasteiger partial charge in [0, 0.05) is 6.42 Å². The Hall–Kier alpha value is -3.08. The number of allylic oxidation sites excluding steroid dienone is 5. The molecule has 0 heterocycles. The smallest absolute Gasteiger partial charge is 0.337 e. The first-order valence-corrected chi connectivity index (χ1v) is 14.2. The molecule has 0 amide bonds. The van der Waals surface area contributed by atoms with Gasteiger partial charge in [-0.3, -0.25) is 4.79 Å². The largest absolute Gasteiger partial charge is 0.497 e. The highest BCUT2D eigenvalue weighted by Gasteiger charge is 2.12. The Balaban J connectivity index is 2.06. The highest BCUT2D eigenvalue weighted by molar-refractivity contribution is 5.89. The van der Waals surface area contributed by atoms with Crippen LogP contribution in [0.5, 0.6) is 5.75 Å². The van der Waals surface area contributed by atoms with Gasteiger partial charge in [-0.05, 0) is 69.2 Å². The molecule has 0 saturated heterocycles. The maximum Gasteiger partial charge on any atom is 0.337 e. The average Bonchev–Trinajstić information content (AvgIpc) is 2.93. The first-order chi connectivity index (χ1) is 18.6. The predicted octanol–water partition coefficient (Wildman–Crippen LogP) is 8.55. The number of hydrogen-bond acceptors (Lipinski definition) is 5. The topological polar surface area (TPSA) is 61.8 Å². The second-order valence-corrected chi connectivity index (χ2v) is 9.23. The quantitative estimate of drug-likeness (QED) is 0.0698. The molecule has 1 aromatic rings. The number of carbonyl (C=O) groups excluding carboxylic acids is 2. The lowest BCUT2D eigenvalue weighted by Crippen LogP contribution is -2.15. The standard InChI is InChI=1S/C33H48O5/c1-4-6-7-8-9-10-11-12-13-14-15-16-17-18-19-22-32(34)38-28-30(5-2)33(35)37-27-20-21-29-23-25-31(36-3)26-24-29/h5,9-10,12-13,20-21,23-26H,4,6-8,11,14-19,22,27-28H2,1-3H3. The molecule has 210 valence electrons. The Morgan fingerprint density at radius 3 is 2.11 bits per heavy atom. The van der Waals surface area contributed by atoms with Crippen molar-refractivity contribution in [3.63, 3.8) is 0 Å². The van der Waals surface area contributed by atoms with Crippen molar-refractivity contribution in [2.24, 2.45) is 0 Å². The lowest BCUT2D eigenvalue weighted by atomic mass is 10.1. The summed E-state index contributed by atoms with van der Waals surface area (Å²) in [6.07, 6.45) is 27.3. The number of ether oxygens (including phenoxy) is 3. The minimum Gasteiger partial charge on any atom is -0.497 e. The van der Waals surface area contributed by atoms with Gasteiger partial charge < -0.3 is 14.2 Å². The molecule has 0 aromatic heterocycles. The molecular formula is C33H48O5. The summed E-state index contributed by atoms with van der Waals surface area (Å²) in [4.78, 5) is 24.3. The molecule has 0 spiro atoms. The zero-order chi connectivity index (χ0) is 27.7. The van der Waals surface area contributed by atoms with Crippen LogP contribution >= 0.6 is 0 Å². The van der Waals surface area contributed by atoms with Crippen LogP contribution in [0.15, 0.2) is 66.3 Å². The predicted molar refractivity (Wildman–Crippen MR) is 157 cm³/mol. The number of hydrogen-bond donors (Lipinski definition) is 0. The van der Waals surface area contributed by atoms with Crippen molar-refractivity contribution in [1.29, 1.82) is 0 Å². The molecular weight excluding hydrogens is 476 g/mol. The fraction of sp³-hybridized carbons (Fsp3) is 0.515. The van der Waals surface area contributed by atoms with Gasteiger partial charge in [0.2, 0.25) is 0 Å². The summed E-state index contributed by atoms with van der Waals surface area (Å²) in [6.45, 7) is 4.05. The van der Waals surface area contributed by atoms with Gasteiger partial charge in [-0.1, -0.05) is 87.6 Å². The summed E-state index contributed by atoms with van der Waals surface area (Å²) >= 11 is 0. The van der Waals surface area contributed by atoms with Gasteiger partial charge in [0.15, 0.2) is 0 Å². The third kappa shape index (κ3) is 17.4. The van der Waals surface area contributed by atoms with Crippen LogP contribution in [0, 0.1) is 0 Å². The molecule has 1 rings (SSSR count). The van der Waals surface area contributed by atoms with Gasteiger partial charge in [-0.15, -0.1) is 0 Å². The van der Waals surface area contributed by atoms with E-state index in [1.165, 1.54) is 38.5 Å². The molecule has 0 bridgehead atoms. The molecule has 0 aliphatic carbocycles. The third-order valence-corrected chi connectivity index (χ3v) is 6.07. The number of esters is 2. The SMILES string of the molecule is CC=C(COC(=O)CCCCCCCC=CCC=CCCCCC)C(=O)OCC=Cc1ccc(OC)cc1. The zero-order valence-electron chi connectivity index (χ0n) is 23.8. The van der Waals surface area contributed by atoms with Crippen molar-refractivity contribution in [3.05, 3.63) is 71.9 Å². The number of rotatable bonds is 21. The van der Waals surface area contributed by atoms with Crippen molar-refractivity contribution >= 4 is 18.0 Å². The van der Waals surface area contributed by atoms with E-state index in [9.17, 15) is 9.59 Å². The zero-order valence-corrected chi connectivity index (χ0v) is 23.8. The highest BCUT2D eigenvalue weighted by atomic mass is 16.5. The summed E-state index contributed by atoms with van der Waals surface area (Å²) in [7, 11) is 1.62. The molecule has 0 aliphatic rings. The summed E-state index contributed by atoms with van der Waals surface area (Å²) in [5, 5.41) is 0. The molecule has 0 aliphatic heterocycles. The number of carbonyl (C=O) groups is 2. The van der Waals surface area contributed by atoms with Crippen LogP contribution in [-0.4, -0.2) is 32.3 Å². The molecule has 38 heavy (non-hydrogen) atoms. The normalized spacial score (nSPS) is 12.0. The van der Waals surface area contributed by atoms with Gasteiger partial charge in [0.1, 0.15) is 19.0 Å². The molecule has 0 radical (unpaired) electrons. The van der Waals surface area contributed by atoms with Crippen LogP contribution in [0.4, 0.5) is 0 Å². The van der Waals surface area contributed by atoms with E-state index in [-0.39, 0.29) is 19.2 Å². The molecule has 0 atom stereocenters. The number of methoxy groups -OCH3 is 1. The van der Waals surface area contributed by atoms with Crippen LogP contribution < -0.4 is 4.74 Å². The summed E-state index contributed by atoms with van der Waals surface area (Å²) < 4.78 is 15.7. The maximum absolute atomic E-state index is 12.2.